The van der Waals surface area contributed by atoms with Crippen LogP contribution >= 0.6 is 0 Å². The van der Waals surface area contributed by atoms with Crippen molar-refractivity contribution in [2.45, 2.75) is 26.8 Å². The SMILES string of the molecule is C/C=C/C(=O)N(C[C@H](C)C=O)[C@@H](C)c1ccccc1. The lowest BCUT2D eigenvalue weighted by Gasteiger charge is -2.30. The molecule has 0 aromatic heterocycles. The van der Waals surface area contributed by atoms with Crippen molar-refractivity contribution in [1.82, 2.24) is 4.90 Å². The number of carbonyl (C=O) groups is 2. The summed E-state index contributed by atoms with van der Waals surface area (Å²) < 4.78 is 0. The first-order valence-corrected chi connectivity index (χ1v) is 6.53. The van der Waals surface area contributed by atoms with Gasteiger partial charge in [-0.3, -0.25) is 4.79 Å². The quantitative estimate of drug-likeness (QED) is 0.582. The summed E-state index contributed by atoms with van der Waals surface area (Å²) in [4.78, 5) is 24.7. The van der Waals surface area contributed by atoms with Crippen molar-refractivity contribution in [2.75, 3.05) is 6.54 Å². The number of amides is 1. The van der Waals surface area contributed by atoms with Crippen LogP contribution in [0.15, 0.2) is 42.5 Å². The maximum Gasteiger partial charge on any atom is 0.246 e. The normalized spacial score (nSPS) is 14.1. The molecule has 1 aromatic carbocycles. The summed E-state index contributed by atoms with van der Waals surface area (Å²) >= 11 is 0. The second-order valence-electron chi connectivity index (χ2n) is 4.69. The van der Waals surface area contributed by atoms with E-state index in [9.17, 15) is 9.59 Å². The number of carbonyl (C=O) groups excluding carboxylic acids is 2. The molecule has 1 rings (SSSR count). The summed E-state index contributed by atoms with van der Waals surface area (Å²) in [5.41, 5.74) is 1.07. The molecule has 0 saturated carbocycles. The third-order valence-corrected chi connectivity index (χ3v) is 3.06. The molecule has 0 N–H and O–H groups in total. The zero-order chi connectivity index (χ0) is 14.3. The molecule has 3 heteroatoms. The highest BCUT2D eigenvalue weighted by Crippen LogP contribution is 2.21. The maximum atomic E-state index is 12.1. The lowest BCUT2D eigenvalue weighted by atomic mass is 10.0. The Bertz CT molecular complexity index is 439. The third kappa shape index (κ3) is 4.36. The highest BCUT2D eigenvalue weighted by atomic mass is 16.2. The van der Waals surface area contributed by atoms with Crippen LogP contribution in [0.3, 0.4) is 0 Å². The fourth-order valence-electron chi connectivity index (χ4n) is 1.94. The molecule has 0 saturated heterocycles. The van der Waals surface area contributed by atoms with Gasteiger partial charge in [-0.25, -0.2) is 0 Å². The first kappa shape index (κ1) is 15.2. The molecular weight excluding hydrogens is 238 g/mol. The predicted octanol–water partition coefficient (Wildman–Crippen LogP) is 2.99. The van der Waals surface area contributed by atoms with Gasteiger partial charge in [-0.1, -0.05) is 43.3 Å². The van der Waals surface area contributed by atoms with Crippen LogP contribution in [0, 0.1) is 5.92 Å². The molecule has 3 nitrogen and oxygen atoms in total. The van der Waals surface area contributed by atoms with Gasteiger partial charge in [0.15, 0.2) is 0 Å². The molecule has 0 heterocycles. The van der Waals surface area contributed by atoms with Crippen LogP contribution < -0.4 is 0 Å². The molecule has 2 atom stereocenters. The average molecular weight is 259 g/mol. The Labute approximate surface area is 114 Å². The van der Waals surface area contributed by atoms with E-state index in [1.54, 1.807) is 11.0 Å². The second kappa shape index (κ2) is 7.52. The minimum atomic E-state index is -0.166. The van der Waals surface area contributed by atoms with Crippen LogP contribution in [0.25, 0.3) is 0 Å². The highest BCUT2D eigenvalue weighted by Gasteiger charge is 2.21. The molecule has 0 aliphatic carbocycles. The van der Waals surface area contributed by atoms with Crippen molar-refractivity contribution in [3.05, 3.63) is 48.0 Å². The molecule has 0 bridgehead atoms. The first-order chi connectivity index (χ1) is 9.10. The Morgan fingerprint density at radius 1 is 1.26 bits per heavy atom. The van der Waals surface area contributed by atoms with Gasteiger partial charge < -0.3 is 9.69 Å². The topological polar surface area (TPSA) is 37.4 Å². The summed E-state index contributed by atoms with van der Waals surface area (Å²) in [5, 5.41) is 0. The van der Waals surface area contributed by atoms with Gasteiger partial charge in [-0.15, -0.1) is 0 Å². The van der Waals surface area contributed by atoms with Crippen molar-refractivity contribution in [2.24, 2.45) is 5.92 Å². The van der Waals surface area contributed by atoms with Crippen LogP contribution in [0.1, 0.15) is 32.4 Å². The van der Waals surface area contributed by atoms with Crippen molar-refractivity contribution in [3.8, 4) is 0 Å². The molecule has 0 aliphatic rings. The van der Waals surface area contributed by atoms with Crippen LogP contribution in [0.4, 0.5) is 0 Å². The zero-order valence-corrected chi connectivity index (χ0v) is 11.7. The van der Waals surface area contributed by atoms with Crippen LogP contribution in [-0.4, -0.2) is 23.6 Å². The molecule has 0 spiro atoms. The monoisotopic (exact) mass is 259 g/mol. The van der Waals surface area contributed by atoms with Crippen molar-refractivity contribution < 1.29 is 9.59 Å². The Balaban J connectivity index is 2.95. The molecule has 0 radical (unpaired) electrons. The van der Waals surface area contributed by atoms with Crippen molar-refractivity contribution in [3.63, 3.8) is 0 Å². The van der Waals surface area contributed by atoms with Gasteiger partial charge in [0.1, 0.15) is 6.29 Å². The van der Waals surface area contributed by atoms with E-state index < -0.39 is 0 Å². The van der Waals surface area contributed by atoms with Gasteiger partial charge in [-0.2, -0.15) is 0 Å². The Morgan fingerprint density at radius 3 is 2.42 bits per heavy atom. The van der Waals surface area contributed by atoms with Gasteiger partial charge in [-0.05, 0) is 25.5 Å². The lowest BCUT2D eigenvalue weighted by molar-refractivity contribution is -0.129. The number of aldehydes is 1. The van der Waals surface area contributed by atoms with Crippen molar-refractivity contribution >= 4 is 12.2 Å². The number of allylic oxidation sites excluding steroid dienone is 1. The van der Waals surface area contributed by atoms with E-state index >= 15 is 0 Å². The predicted molar refractivity (Wildman–Crippen MR) is 76.6 cm³/mol. The Morgan fingerprint density at radius 2 is 1.89 bits per heavy atom. The molecule has 0 unspecified atom stereocenters. The number of hydrogen-bond acceptors (Lipinski definition) is 2. The molecule has 1 amide bonds. The summed E-state index contributed by atoms with van der Waals surface area (Å²) in [6, 6.07) is 9.79. The van der Waals surface area contributed by atoms with Gasteiger partial charge in [0.05, 0.1) is 6.04 Å². The third-order valence-electron chi connectivity index (χ3n) is 3.06. The number of hydrogen-bond donors (Lipinski definition) is 0. The summed E-state index contributed by atoms with van der Waals surface area (Å²) in [6.45, 7) is 6.05. The van der Waals surface area contributed by atoms with E-state index in [-0.39, 0.29) is 17.9 Å². The highest BCUT2D eigenvalue weighted by molar-refractivity contribution is 5.88. The van der Waals surface area contributed by atoms with Gasteiger partial charge >= 0.3 is 0 Å². The van der Waals surface area contributed by atoms with Gasteiger partial charge in [0, 0.05) is 12.5 Å². The minimum absolute atomic E-state index is 0.0488. The first-order valence-electron chi connectivity index (χ1n) is 6.53. The fourth-order valence-corrected chi connectivity index (χ4v) is 1.94. The molecule has 19 heavy (non-hydrogen) atoms. The molecule has 0 aliphatic heterocycles. The summed E-state index contributed by atoms with van der Waals surface area (Å²) in [6.07, 6.45) is 4.14. The van der Waals surface area contributed by atoms with E-state index in [4.69, 9.17) is 0 Å². The lowest BCUT2D eigenvalue weighted by Crippen LogP contribution is -2.36. The largest absolute Gasteiger partial charge is 0.332 e. The van der Waals surface area contributed by atoms with Crippen LogP contribution in [0.2, 0.25) is 0 Å². The summed E-state index contributed by atoms with van der Waals surface area (Å²) in [5.74, 6) is -0.229. The smallest absolute Gasteiger partial charge is 0.246 e. The molecule has 102 valence electrons. The fraction of sp³-hybridized carbons (Fsp3) is 0.375. The molecule has 1 aromatic rings. The Hall–Kier alpha value is -1.90. The minimum Gasteiger partial charge on any atom is -0.332 e. The average Bonchev–Trinajstić information content (AvgIpc) is 2.44. The van der Waals surface area contributed by atoms with E-state index in [0.29, 0.717) is 6.54 Å². The van der Waals surface area contributed by atoms with Gasteiger partial charge in [0.2, 0.25) is 5.91 Å². The maximum absolute atomic E-state index is 12.1. The number of rotatable bonds is 6. The number of benzene rings is 1. The second-order valence-corrected chi connectivity index (χ2v) is 4.69. The number of nitrogens with zero attached hydrogens (tertiary/aromatic N) is 1. The van der Waals surface area contributed by atoms with E-state index in [0.717, 1.165) is 11.8 Å². The zero-order valence-electron chi connectivity index (χ0n) is 11.7. The van der Waals surface area contributed by atoms with E-state index in [1.807, 2.05) is 51.1 Å². The van der Waals surface area contributed by atoms with Crippen LogP contribution in [0.5, 0.6) is 0 Å². The molecule has 0 fully saturated rings. The van der Waals surface area contributed by atoms with Gasteiger partial charge in [0.25, 0.3) is 0 Å². The van der Waals surface area contributed by atoms with E-state index in [2.05, 4.69) is 0 Å². The summed E-state index contributed by atoms with van der Waals surface area (Å²) in [7, 11) is 0. The standard InChI is InChI=1S/C16H21NO2/c1-4-8-16(19)17(11-13(2)12-18)14(3)15-9-6-5-7-10-15/h4-10,12-14H,11H2,1-3H3/b8-4+/t13-,14-/m0/s1. The van der Waals surface area contributed by atoms with Crippen molar-refractivity contribution in [1.29, 1.82) is 0 Å². The van der Waals surface area contributed by atoms with E-state index in [1.165, 1.54) is 6.08 Å². The molecular formula is C16H21NO2. The van der Waals surface area contributed by atoms with Crippen LogP contribution in [-0.2, 0) is 9.59 Å². The Kier molecular flexibility index (Phi) is 6.00.